The third-order valence-corrected chi connectivity index (χ3v) is 4.63. The largest absolute Gasteiger partial charge is 0.467 e. The van der Waals surface area contributed by atoms with E-state index in [9.17, 15) is 14.4 Å². The van der Waals surface area contributed by atoms with Crippen molar-refractivity contribution in [2.45, 2.75) is 19.4 Å². The second-order valence-corrected chi connectivity index (χ2v) is 6.32. The average Bonchev–Trinajstić information content (AvgIpc) is 3.14. The number of anilines is 1. The number of piperidine rings is 1. The number of carbonyl (C=O) groups excluding carboxylic acids is 1. The Morgan fingerprint density at radius 3 is 2.84 bits per heavy atom. The summed E-state index contributed by atoms with van der Waals surface area (Å²) in [5, 5.41) is 2.88. The van der Waals surface area contributed by atoms with Gasteiger partial charge >= 0.3 is 5.69 Å². The van der Waals surface area contributed by atoms with Gasteiger partial charge in [0.25, 0.3) is 5.56 Å². The molecule has 134 valence electrons. The number of carbonyl (C=O) groups is 1. The summed E-state index contributed by atoms with van der Waals surface area (Å²) >= 11 is 0. The van der Waals surface area contributed by atoms with Crippen molar-refractivity contribution in [1.29, 1.82) is 0 Å². The molecule has 1 unspecified atom stereocenters. The van der Waals surface area contributed by atoms with Gasteiger partial charge in [-0.1, -0.05) is 0 Å². The van der Waals surface area contributed by atoms with Gasteiger partial charge in [0.15, 0.2) is 0 Å². The molecule has 0 radical (unpaired) electrons. The number of nitrogens with one attached hydrogen (secondary N) is 1. The van der Waals surface area contributed by atoms with E-state index in [1.165, 1.54) is 17.7 Å². The summed E-state index contributed by atoms with van der Waals surface area (Å²) in [6, 6.07) is 5.04. The Morgan fingerprint density at radius 2 is 2.12 bits per heavy atom. The fourth-order valence-corrected chi connectivity index (χ4v) is 3.16. The zero-order valence-corrected chi connectivity index (χ0v) is 14.4. The van der Waals surface area contributed by atoms with Crippen molar-refractivity contribution in [1.82, 2.24) is 14.5 Å². The van der Waals surface area contributed by atoms with E-state index in [2.05, 4.69) is 5.32 Å². The monoisotopic (exact) mass is 346 g/mol. The predicted molar refractivity (Wildman–Crippen MR) is 92.4 cm³/mol. The molecule has 3 heterocycles. The lowest BCUT2D eigenvalue weighted by atomic mass is 9.97. The molecule has 1 aliphatic heterocycles. The maximum Gasteiger partial charge on any atom is 0.332 e. The van der Waals surface area contributed by atoms with E-state index in [0.717, 1.165) is 17.4 Å². The number of hydrogen-bond acceptors (Lipinski definition) is 5. The molecule has 0 spiro atoms. The molecule has 1 saturated heterocycles. The van der Waals surface area contributed by atoms with Gasteiger partial charge in [-0.25, -0.2) is 4.79 Å². The van der Waals surface area contributed by atoms with Gasteiger partial charge in [-0.15, -0.1) is 0 Å². The highest BCUT2D eigenvalue weighted by molar-refractivity contribution is 5.79. The minimum atomic E-state index is -0.369. The van der Waals surface area contributed by atoms with Crippen molar-refractivity contribution in [3.8, 4) is 0 Å². The number of aromatic nitrogens is 2. The quantitative estimate of drug-likeness (QED) is 0.855. The SMILES string of the molecule is Cn1c(N2CCCC(C(=O)NCc3ccco3)C2)cc(=O)n(C)c1=O. The molecule has 1 N–H and O–H groups in total. The summed E-state index contributed by atoms with van der Waals surface area (Å²) in [5.41, 5.74) is -0.714. The first kappa shape index (κ1) is 17.1. The molecule has 0 aromatic carbocycles. The summed E-state index contributed by atoms with van der Waals surface area (Å²) in [5.74, 6) is 1.02. The standard InChI is InChI=1S/C17H22N4O4/c1-19-14(9-15(22)20(2)17(19)24)21-7-3-5-12(11-21)16(23)18-10-13-6-4-8-25-13/h4,6,8-9,12H,3,5,7,10-11H2,1-2H3,(H,18,23). The Bertz CT molecular complexity index is 866. The molecule has 0 saturated carbocycles. The van der Waals surface area contributed by atoms with Crippen molar-refractivity contribution in [2.24, 2.45) is 20.0 Å². The van der Waals surface area contributed by atoms with Crippen molar-refractivity contribution >= 4 is 11.7 Å². The summed E-state index contributed by atoms with van der Waals surface area (Å²) < 4.78 is 7.73. The number of rotatable bonds is 4. The highest BCUT2D eigenvalue weighted by Crippen LogP contribution is 2.21. The van der Waals surface area contributed by atoms with Crippen LogP contribution in [0.25, 0.3) is 0 Å². The Labute approximate surface area is 144 Å². The Balaban J connectivity index is 1.72. The van der Waals surface area contributed by atoms with Crippen LogP contribution in [0.1, 0.15) is 18.6 Å². The van der Waals surface area contributed by atoms with Crippen LogP contribution in [0.5, 0.6) is 0 Å². The fraction of sp³-hybridized carbons (Fsp3) is 0.471. The molecule has 2 aromatic heterocycles. The Kier molecular flexibility index (Phi) is 4.78. The predicted octanol–water partition coefficient (Wildman–Crippen LogP) is 0.210. The number of hydrogen-bond donors (Lipinski definition) is 1. The molecule has 0 aliphatic carbocycles. The van der Waals surface area contributed by atoms with E-state index in [0.29, 0.717) is 31.2 Å². The molecule has 1 aliphatic rings. The van der Waals surface area contributed by atoms with Gasteiger partial charge in [0.2, 0.25) is 5.91 Å². The molecule has 1 atom stereocenters. The van der Waals surface area contributed by atoms with Gasteiger partial charge in [0.1, 0.15) is 11.6 Å². The van der Waals surface area contributed by atoms with Gasteiger partial charge in [-0.3, -0.25) is 18.7 Å². The number of nitrogens with zero attached hydrogens (tertiary/aromatic N) is 3. The van der Waals surface area contributed by atoms with E-state index >= 15 is 0 Å². The zero-order valence-electron chi connectivity index (χ0n) is 14.4. The summed E-state index contributed by atoms with van der Waals surface area (Å²) in [6.07, 6.45) is 3.17. The first-order valence-corrected chi connectivity index (χ1v) is 8.29. The van der Waals surface area contributed by atoms with Crippen molar-refractivity contribution in [3.63, 3.8) is 0 Å². The van der Waals surface area contributed by atoms with Crippen molar-refractivity contribution < 1.29 is 9.21 Å². The van der Waals surface area contributed by atoms with E-state index in [-0.39, 0.29) is 23.1 Å². The van der Waals surface area contributed by atoms with Crippen LogP contribution in [-0.4, -0.2) is 28.1 Å². The first-order valence-electron chi connectivity index (χ1n) is 8.29. The van der Waals surface area contributed by atoms with E-state index in [1.807, 2.05) is 11.0 Å². The number of furan rings is 1. The average molecular weight is 346 g/mol. The van der Waals surface area contributed by atoms with Crippen LogP contribution in [0, 0.1) is 5.92 Å². The third-order valence-electron chi connectivity index (χ3n) is 4.63. The van der Waals surface area contributed by atoms with Gasteiger partial charge in [-0.2, -0.15) is 0 Å². The van der Waals surface area contributed by atoms with Crippen molar-refractivity contribution in [2.75, 3.05) is 18.0 Å². The van der Waals surface area contributed by atoms with E-state index in [4.69, 9.17) is 4.42 Å². The van der Waals surface area contributed by atoms with Gasteiger partial charge in [-0.05, 0) is 25.0 Å². The summed E-state index contributed by atoms with van der Waals surface area (Å²) in [6.45, 7) is 1.54. The molecule has 8 nitrogen and oxygen atoms in total. The summed E-state index contributed by atoms with van der Waals surface area (Å²) in [7, 11) is 3.09. The fourth-order valence-electron chi connectivity index (χ4n) is 3.16. The molecule has 3 rings (SSSR count). The first-order chi connectivity index (χ1) is 12.0. The van der Waals surface area contributed by atoms with Crippen LogP contribution in [0.15, 0.2) is 38.5 Å². The maximum absolute atomic E-state index is 12.4. The Hall–Kier alpha value is -2.77. The van der Waals surface area contributed by atoms with Crippen LogP contribution in [0.4, 0.5) is 5.82 Å². The minimum absolute atomic E-state index is 0.0464. The van der Waals surface area contributed by atoms with Crippen molar-refractivity contribution in [3.05, 3.63) is 51.1 Å². The molecule has 2 aromatic rings. The van der Waals surface area contributed by atoms with Crippen LogP contribution in [0.3, 0.4) is 0 Å². The molecular formula is C17H22N4O4. The normalized spacial score (nSPS) is 17.5. The molecule has 25 heavy (non-hydrogen) atoms. The highest BCUT2D eigenvalue weighted by atomic mass is 16.3. The molecule has 1 amide bonds. The third kappa shape index (κ3) is 3.52. The minimum Gasteiger partial charge on any atom is -0.467 e. The molecule has 0 bridgehead atoms. The molecular weight excluding hydrogens is 324 g/mol. The van der Waals surface area contributed by atoms with Crippen LogP contribution >= 0.6 is 0 Å². The van der Waals surface area contributed by atoms with E-state index in [1.54, 1.807) is 19.4 Å². The smallest absolute Gasteiger partial charge is 0.332 e. The van der Waals surface area contributed by atoms with Gasteiger partial charge < -0.3 is 14.6 Å². The molecule has 1 fully saturated rings. The van der Waals surface area contributed by atoms with Gasteiger partial charge in [0.05, 0.1) is 18.7 Å². The van der Waals surface area contributed by atoms with Crippen LogP contribution < -0.4 is 21.5 Å². The maximum atomic E-state index is 12.4. The van der Waals surface area contributed by atoms with Gasteiger partial charge in [0, 0.05) is 33.3 Å². The lowest BCUT2D eigenvalue weighted by Crippen LogP contribution is -2.46. The second kappa shape index (κ2) is 7.00. The topological polar surface area (TPSA) is 89.5 Å². The zero-order chi connectivity index (χ0) is 18.0. The second-order valence-electron chi connectivity index (χ2n) is 6.32. The lowest BCUT2D eigenvalue weighted by Gasteiger charge is -2.34. The number of amides is 1. The Morgan fingerprint density at radius 1 is 1.32 bits per heavy atom. The van der Waals surface area contributed by atoms with Crippen LogP contribution in [-0.2, 0) is 25.4 Å². The lowest BCUT2D eigenvalue weighted by molar-refractivity contribution is -0.125. The highest BCUT2D eigenvalue weighted by Gasteiger charge is 2.27. The van der Waals surface area contributed by atoms with Crippen LogP contribution in [0.2, 0.25) is 0 Å². The summed E-state index contributed by atoms with van der Waals surface area (Å²) in [4.78, 5) is 38.4. The van der Waals surface area contributed by atoms with E-state index < -0.39 is 0 Å². The molecule has 8 heteroatoms.